The predicted octanol–water partition coefficient (Wildman–Crippen LogP) is 1.33. The SMILES string of the molecule is N#Cc1cccc(-n2cccn2)c1N. The lowest BCUT2D eigenvalue weighted by molar-refractivity contribution is 0.882. The first-order valence-corrected chi connectivity index (χ1v) is 4.11. The summed E-state index contributed by atoms with van der Waals surface area (Å²) in [7, 11) is 0. The van der Waals surface area contributed by atoms with Crippen LogP contribution in [0.5, 0.6) is 0 Å². The van der Waals surface area contributed by atoms with Gasteiger partial charge in [-0.2, -0.15) is 10.4 Å². The van der Waals surface area contributed by atoms with Crippen molar-refractivity contribution in [2.24, 2.45) is 0 Å². The Kier molecular flexibility index (Phi) is 1.92. The molecule has 0 aliphatic rings. The zero-order chi connectivity index (χ0) is 9.97. The molecule has 0 aliphatic heterocycles. The number of nitrogen functional groups attached to an aromatic ring is 1. The van der Waals surface area contributed by atoms with Gasteiger partial charge in [0.15, 0.2) is 0 Å². The molecule has 0 saturated heterocycles. The predicted molar refractivity (Wildman–Crippen MR) is 52.7 cm³/mol. The molecule has 14 heavy (non-hydrogen) atoms. The van der Waals surface area contributed by atoms with Gasteiger partial charge in [0.2, 0.25) is 0 Å². The number of aromatic nitrogens is 2. The molecular weight excluding hydrogens is 176 g/mol. The van der Waals surface area contributed by atoms with Crippen molar-refractivity contribution in [1.82, 2.24) is 9.78 Å². The standard InChI is InChI=1S/C10H8N4/c11-7-8-3-1-4-9(10(8)12)14-6-2-5-13-14/h1-6H,12H2. The van der Waals surface area contributed by atoms with Crippen molar-refractivity contribution in [3.63, 3.8) is 0 Å². The minimum Gasteiger partial charge on any atom is -0.396 e. The van der Waals surface area contributed by atoms with Crippen LogP contribution in [0.15, 0.2) is 36.7 Å². The van der Waals surface area contributed by atoms with Gasteiger partial charge >= 0.3 is 0 Å². The Morgan fingerprint density at radius 2 is 2.21 bits per heavy atom. The number of benzene rings is 1. The number of anilines is 1. The van der Waals surface area contributed by atoms with Crippen LogP contribution in [-0.4, -0.2) is 9.78 Å². The molecule has 4 heteroatoms. The van der Waals surface area contributed by atoms with Crippen LogP contribution >= 0.6 is 0 Å². The van der Waals surface area contributed by atoms with E-state index >= 15 is 0 Å². The third-order valence-corrected chi connectivity index (χ3v) is 1.95. The summed E-state index contributed by atoms with van der Waals surface area (Å²) in [5.74, 6) is 0. The Morgan fingerprint density at radius 1 is 1.36 bits per heavy atom. The number of hydrogen-bond donors (Lipinski definition) is 1. The summed E-state index contributed by atoms with van der Waals surface area (Å²) < 4.78 is 1.64. The molecule has 1 aromatic heterocycles. The summed E-state index contributed by atoms with van der Waals surface area (Å²) in [6.45, 7) is 0. The summed E-state index contributed by atoms with van der Waals surface area (Å²) in [6, 6.07) is 9.12. The lowest BCUT2D eigenvalue weighted by Gasteiger charge is -2.05. The molecule has 2 aromatic rings. The van der Waals surface area contributed by atoms with Crippen molar-refractivity contribution in [3.05, 3.63) is 42.2 Å². The minimum absolute atomic E-state index is 0.457. The summed E-state index contributed by atoms with van der Waals surface area (Å²) >= 11 is 0. The Bertz CT molecular complexity index is 479. The van der Waals surface area contributed by atoms with Gasteiger partial charge in [0, 0.05) is 12.4 Å². The smallest absolute Gasteiger partial charge is 0.101 e. The first-order valence-electron chi connectivity index (χ1n) is 4.11. The van der Waals surface area contributed by atoms with Crippen LogP contribution in [0.25, 0.3) is 5.69 Å². The van der Waals surface area contributed by atoms with E-state index in [0.29, 0.717) is 11.3 Å². The first-order chi connectivity index (χ1) is 6.83. The van der Waals surface area contributed by atoms with Crippen LogP contribution in [0.1, 0.15) is 5.56 Å². The third kappa shape index (κ3) is 1.21. The van der Waals surface area contributed by atoms with Crippen molar-refractivity contribution in [2.45, 2.75) is 0 Å². The lowest BCUT2D eigenvalue weighted by Crippen LogP contribution is -2.01. The molecule has 1 aromatic carbocycles. The molecule has 0 atom stereocenters. The van der Waals surface area contributed by atoms with Crippen molar-refractivity contribution >= 4 is 5.69 Å². The van der Waals surface area contributed by atoms with E-state index in [9.17, 15) is 0 Å². The van der Waals surface area contributed by atoms with E-state index in [4.69, 9.17) is 11.0 Å². The highest BCUT2D eigenvalue weighted by molar-refractivity contribution is 5.66. The molecule has 0 amide bonds. The highest BCUT2D eigenvalue weighted by atomic mass is 15.3. The number of rotatable bonds is 1. The second-order valence-corrected chi connectivity index (χ2v) is 2.80. The zero-order valence-corrected chi connectivity index (χ0v) is 7.38. The molecule has 0 saturated carbocycles. The summed E-state index contributed by atoms with van der Waals surface area (Å²) in [5, 5.41) is 12.8. The van der Waals surface area contributed by atoms with E-state index in [2.05, 4.69) is 5.10 Å². The largest absolute Gasteiger partial charge is 0.396 e. The quantitative estimate of drug-likeness (QED) is 0.680. The van der Waals surface area contributed by atoms with Crippen LogP contribution in [0.4, 0.5) is 5.69 Å². The van der Waals surface area contributed by atoms with Crippen LogP contribution in [-0.2, 0) is 0 Å². The van der Waals surface area contributed by atoms with Crippen molar-refractivity contribution in [2.75, 3.05) is 5.73 Å². The normalized spacial score (nSPS) is 9.64. The summed E-state index contributed by atoms with van der Waals surface area (Å²) in [6.07, 6.45) is 3.45. The number of nitriles is 1. The van der Waals surface area contributed by atoms with Gasteiger partial charge < -0.3 is 5.73 Å². The van der Waals surface area contributed by atoms with Gasteiger partial charge in [-0.3, -0.25) is 0 Å². The molecule has 0 unspecified atom stereocenters. The average molecular weight is 184 g/mol. The van der Waals surface area contributed by atoms with E-state index in [1.54, 1.807) is 35.3 Å². The monoisotopic (exact) mass is 184 g/mol. The van der Waals surface area contributed by atoms with Crippen LogP contribution in [0, 0.1) is 11.3 Å². The molecule has 0 aliphatic carbocycles. The number of nitrogens with zero attached hydrogens (tertiary/aromatic N) is 3. The number of nitrogens with two attached hydrogens (primary N) is 1. The van der Waals surface area contributed by atoms with Gasteiger partial charge in [-0.05, 0) is 18.2 Å². The van der Waals surface area contributed by atoms with E-state index in [1.807, 2.05) is 12.1 Å². The average Bonchev–Trinajstić information content (AvgIpc) is 2.71. The molecule has 0 radical (unpaired) electrons. The second kappa shape index (κ2) is 3.23. The Balaban J connectivity index is 2.61. The molecule has 4 nitrogen and oxygen atoms in total. The van der Waals surface area contributed by atoms with Crippen molar-refractivity contribution in [1.29, 1.82) is 5.26 Å². The van der Waals surface area contributed by atoms with Crippen LogP contribution < -0.4 is 5.73 Å². The van der Waals surface area contributed by atoms with E-state index < -0.39 is 0 Å². The number of para-hydroxylation sites is 1. The summed E-state index contributed by atoms with van der Waals surface area (Å²) in [4.78, 5) is 0. The maximum absolute atomic E-state index is 8.78. The molecule has 0 bridgehead atoms. The Labute approximate surface area is 81.2 Å². The molecule has 68 valence electrons. The molecule has 2 rings (SSSR count). The van der Waals surface area contributed by atoms with Gasteiger partial charge in [-0.15, -0.1) is 0 Å². The number of hydrogen-bond acceptors (Lipinski definition) is 3. The fourth-order valence-corrected chi connectivity index (χ4v) is 1.26. The van der Waals surface area contributed by atoms with E-state index in [1.165, 1.54) is 0 Å². The van der Waals surface area contributed by atoms with Gasteiger partial charge in [0.25, 0.3) is 0 Å². The van der Waals surface area contributed by atoms with Crippen molar-refractivity contribution < 1.29 is 0 Å². The minimum atomic E-state index is 0.457. The van der Waals surface area contributed by atoms with E-state index in [-0.39, 0.29) is 0 Å². The third-order valence-electron chi connectivity index (χ3n) is 1.95. The summed E-state index contributed by atoms with van der Waals surface area (Å²) in [5.41, 5.74) is 7.46. The highest BCUT2D eigenvalue weighted by Gasteiger charge is 2.05. The van der Waals surface area contributed by atoms with Crippen molar-refractivity contribution in [3.8, 4) is 11.8 Å². The van der Waals surface area contributed by atoms with Gasteiger partial charge in [0.05, 0.1) is 16.9 Å². The fourth-order valence-electron chi connectivity index (χ4n) is 1.26. The first kappa shape index (κ1) is 8.32. The Hall–Kier alpha value is -2.28. The second-order valence-electron chi connectivity index (χ2n) is 2.80. The Morgan fingerprint density at radius 3 is 2.86 bits per heavy atom. The van der Waals surface area contributed by atoms with Gasteiger partial charge in [-0.25, -0.2) is 4.68 Å². The fraction of sp³-hybridized carbons (Fsp3) is 0. The topological polar surface area (TPSA) is 67.6 Å². The highest BCUT2D eigenvalue weighted by Crippen LogP contribution is 2.19. The molecule has 2 N–H and O–H groups in total. The molecule has 1 heterocycles. The zero-order valence-electron chi connectivity index (χ0n) is 7.38. The van der Waals surface area contributed by atoms with Crippen LogP contribution in [0.3, 0.4) is 0 Å². The van der Waals surface area contributed by atoms with Gasteiger partial charge in [0.1, 0.15) is 6.07 Å². The van der Waals surface area contributed by atoms with Crippen LogP contribution in [0.2, 0.25) is 0 Å². The van der Waals surface area contributed by atoms with Gasteiger partial charge in [-0.1, -0.05) is 6.07 Å². The molecule has 0 spiro atoms. The maximum Gasteiger partial charge on any atom is 0.101 e. The molecule has 0 fully saturated rings. The molecular formula is C10H8N4. The maximum atomic E-state index is 8.78. The van der Waals surface area contributed by atoms with E-state index in [0.717, 1.165) is 5.69 Å². The lowest BCUT2D eigenvalue weighted by atomic mass is 10.1.